The predicted octanol–water partition coefficient (Wildman–Crippen LogP) is 3.86. The van der Waals surface area contributed by atoms with Crippen molar-refractivity contribution in [1.29, 1.82) is 0 Å². The molecule has 7 nitrogen and oxygen atoms in total. The zero-order valence-corrected chi connectivity index (χ0v) is 20.2. The lowest BCUT2D eigenvalue weighted by Crippen LogP contribution is -2.46. The maximum Gasteiger partial charge on any atom is 0.417 e. The van der Waals surface area contributed by atoms with Crippen LogP contribution in [-0.2, 0) is 6.18 Å². The molecule has 0 aliphatic carbocycles. The molecule has 188 valence electrons. The first-order chi connectivity index (χ1) is 16.5. The van der Waals surface area contributed by atoms with Gasteiger partial charge in [-0.3, -0.25) is 10.9 Å². The Balaban J connectivity index is 0.00000137. The van der Waals surface area contributed by atoms with E-state index < -0.39 is 11.7 Å². The van der Waals surface area contributed by atoms with Gasteiger partial charge in [0.1, 0.15) is 11.5 Å². The first-order valence-electron chi connectivity index (χ1n) is 11.3. The molecule has 1 heterocycles. The van der Waals surface area contributed by atoms with E-state index in [0.717, 1.165) is 30.3 Å². The van der Waals surface area contributed by atoms with E-state index in [0.29, 0.717) is 24.7 Å². The standard InChI is InChI=1S/C21H25F3N6.C2H6.CH5N/c1-2-12-26-17-10-6-4-8-15(17)19-28-18(20(30-29-19)27-13-11-25)14-7-3-5-9-16(14)21(22,23)24;2*1-2/h3-10,26-27,30H,2,11-13,25H2,1H3,(H,28,29);1-2H3;2H2,1H3. The second kappa shape index (κ2) is 14.8. The highest BCUT2D eigenvalue weighted by Crippen LogP contribution is 2.36. The smallest absolute Gasteiger partial charge is 0.384 e. The Morgan fingerprint density at radius 1 is 0.882 bits per heavy atom. The highest BCUT2D eigenvalue weighted by atomic mass is 19.4. The molecule has 10 heteroatoms. The quantitative estimate of drug-likeness (QED) is 0.343. The van der Waals surface area contributed by atoms with Crippen molar-refractivity contribution in [1.82, 2.24) is 16.2 Å². The van der Waals surface area contributed by atoms with Crippen LogP contribution in [0.2, 0.25) is 0 Å². The van der Waals surface area contributed by atoms with Crippen LogP contribution in [-0.4, -0.2) is 32.5 Å². The number of nitrogens with one attached hydrogen (secondary N) is 4. The van der Waals surface area contributed by atoms with Gasteiger partial charge in [0.15, 0.2) is 5.84 Å². The lowest BCUT2D eigenvalue weighted by molar-refractivity contribution is -0.137. The van der Waals surface area contributed by atoms with Crippen molar-refractivity contribution in [2.75, 3.05) is 32.0 Å². The third kappa shape index (κ3) is 7.67. The SMILES string of the molecule is CC.CCCNc1ccccc1C1=NC(c2ccccc2C(F)(F)F)=C(NCCN)NN1.CN. The Hall–Kier alpha value is -3.24. The summed E-state index contributed by atoms with van der Waals surface area (Å²) in [5.74, 6) is 0.749. The van der Waals surface area contributed by atoms with E-state index in [1.165, 1.54) is 19.2 Å². The van der Waals surface area contributed by atoms with Crippen LogP contribution in [0.1, 0.15) is 43.9 Å². The van der Waals surface area contributed by atoms with Crippen LogP contribution in [0.25, 0.3) is 5.70 Å². The van der Waals surface area contributed by atoms with Gasteiger partial charge in [-0.2, -0.15) is 13.2 Å². The molecule has 3 rings (SSSR count). The zero-order chi connectivity index (χ0) is 25.6. The molecule has 0 saturated carbocycles. The minimum atomic E-state index is -4.51. The molecule has 1 aliphatic rings. The molecular weight excluding hydrogens is 443 g/mol. The van der Waals surface area contributed by atoms with Gasteiger partial charge in [-0.1, -0.05) is 51.1 Å². The number of alkyl halides is 3. The third-order valence-corrected chi connectivity index (χ3v) is 4.45. The molecule has 0 fully saturated rings. The Bertz CT molecular complexity index is 940. The van der Waals surface area contributed by atoms with Crippen LogP contribution in [0.15, 0.2) is 59.3 Å². The summed E-state index contributed by atoms with van der Waals surface area (Å²) in [7, 11) is 1.50. The summed E-state index contributed by atoms with van der Waals surface area (Å²) in [6, 6.07) is 12.9. The lowest BCUT2D eigenvalue weighted by Gasteiger charge is -2.26. The van der Waals surface area contributed by atoms with Gasteiger partial charge in [0.05, 0.1) is 5.56 Å². The van der Waals surface area contributed by atoms with Crippen LogP contribution >= 0.6 is 0 Å². The molecule has 34 heavy (non-hydrogen) atoms. The molecular formula is C24H36F3N7. The molecule has 0 unspecified atom stereocenters. The summed E-state index contributed by atoms with van der Waals surface area (Å²) >= 11 is 0. The maximum atomic E-state index is 13.6. The summed E-state index contributed by atoms with van der Waals surface area (Å²) in [5.41, 5.74) is 17.0. The molecule has 0 radical (unpaired) electrons. The normalized spacial score (nSPS) is 12.7. The van der Waals surface area contributed by atoms with Crippen LogP contribution in [0, 0.1) is 0 Å². The van der Waals surface area contributed by atoms with E-state index in [1.54, 1.807) is 6.07 Å². The fourth-order valence-electron chi connectivity index (χ4n) is 3.06. The Labute approximate surface area is 199 Å². The summed E-state index contributed by atoms with van der Waals surface area (Å²) in [5, 5.41) is 6.33. The highest BCUT2D eigenvalue weighted by Gasteiger charge is 2.35. The number of hydrogen-bond acceptors (Lipinski definition) is 7. The van der Waals surface area contributed by atoms with Crippen LogP contribution in [0.5, 0.6) is 0 Å². The van der Waals surface area contributed by atoms with E-state index in [4.69, 9.17) is 5.73 Å². The molecule has 0 spiro atoms. The van der Waals surface area contributed by atoms with Gasteiger partial charge in [0.2, 0.25) is 0 Å². The number of anilines is 1. The first kappa shape index (κ1) is 28.8. The highest BCUT2D eigenvalue weighted by molar-refractivity contribution is 6.06. The van der Waals surface area contributed by atoms with Crippen molar-refractivity contribution in [2.24, 2.45) is 16.5 Å². The minimum absolute atomic E-state index is 0.0185. The van der Waals surface area contributed by atoms with E-state index >= 15 is 0 Å². The monoisotopic (exact) mass is 479 g/mol. The average Bonchev–Trinajstić information content (AvgIpc) is 2.88. The number of nitrogens with zero attached hydrogens (tertiary/aromatic N) is 1. The fraction of sp³-hybridized carbons (Fsp3) is 0.375. The summed E-state index contributed by atoms with van der Waals surface area (Å²) in [6.07, 6.45) is -3.58. The number of halogens is 3. The number of amidine groups is 1. The van der Waals surface area contributed by atoms with Gasteiger partial charge in [-0.05, 0) is 31.7 Å². The van der Waals surface area contributed by atoms with Crippen LogP contribution in [0.4, 0.5) is 18.9 Å². The zero-order valence-electron chi connectivity index (χ0n) is 20.2. The summed E-state index contributed by atoms with van der Waals surface area (Å²) in [6.45, 7) is 7.51. The topological polar surface area (TPSA) is 113 Å². The summed E-state index contributed by atoms with van der Waals surface area (Å²) < 4.78 is 40.9. The Morgan fingerprint density at radius 2 is 1.50 bits per heavy atom. The molecule has 0 aromatic heterocycles. The van der Waals surface area contributed by atoms with Gasteiger partial charge in [-0.15, -0.1) is 0 Å². The summed E-state index contributed by atoms with van der Waals surface area (Å²) in [4.78, 5) is 4.58. The Morgan fingerprint density at radius 3 is 2.12 bits per heavy atom. The maximum absolute atomic E-state index is 13.6. The van der Waals surface area contributed by atoms with Gasteiger partial charge in [0.25, 0.3) is 0 Å². The van der Waals surface area contributed by atoms with Crippen molar-refractivity contribution in [3.63, 3.8) is 0 Å². The number of nitrogens with two attached hydrogens (primary N) is 2. The second-order valence-electron chi connectivity index (χ2n) is 6.67. The molecule has 0 amide bonds. The van der Waals surface area contributed by atoms with E-state index in [1.807, 2.05) is 38.1 Å². The number of hydrogen-bond donors (Lipinski definition) is 6. The second-order valence-corrected chi connectivity index (χ2v) is 6.67. The van der Waals surface area contributed by atoms with Crippen molar-refractivity contribution >= 4 is 17.2 Å². The lowest BCUT2D eigenvalue weighted by atomic mass is 10.0. The van der Waals surface area contributed by atoms with Crippen molar-refractivity contribution in [3.05, 3.63) is 71.0 Å². The molecule has 2 aromatic rings. The molecule has 1 aliphatic heterocycles. The van der Waals surface area contributed by atoms with E-state index in [-0.39, 0.29) is 11.3 Å². The average molecular weight is 480 g/mol. The number of rotatable bonds is 8. The molecule has 0 bridgehead atoms. The molecule has 0 saturated heterocycles. The van der Waals surface area contributed by atoms with Gasteiger partial charge >= 0.3 is 6.18 Å². The number of aliphatic imine (C=N–C) groups is 1. The number of para-hydroxylation sites is 1. The predicted molar refractivity (Wildman–Crippen MR) is 135 cm³/mol. The van der Waals surface area contributed by atoms with Crippen molar-refractivity contribution in [2.45, 2.75) is 33.4 Å². The van der Waals surface area contributed by atoms with E-state index in [2.05, 4.69) is 39.1 Å². The van der Waals surface area contributed by atoms with Gasteiger partial charge < -0.3 is 22.1 Å². The van der Waals surface area contributed by atoms with Crippen LogP contribution < -0.4 is 33.0 Å². The van der Waals surface area contributed by atoms with Crippen molar-refractivity contribution < 1.29 is 13.2 Å². The van der Waals surface area contributed by atoms with Crippen molar-refractivity contribution in [3.8, 4) is 0 Å². The number of benzene rings is 2. The number of hydrazine groups is 1. The largest absolute Gasteiger partial charge is 0.417 e. The van der Waals surface area contributed by atoms with Gasteiger partial charge in [0, 0.05) is 36.4 Å². The molecule has 2 aromatic carbocycles. The fourth-order valence-corrected chi connectivity index (χ4v) is 3.06. The molecule has 0 atom stereocenters. The first-order valence-corrected chi connectivity index (χ1v) is 11.3. The van der Waals surface area contributed by atoms with Crippen LogP contribution in [0.3, 0.4) is 0 Å². The third-order valence-electron chi connectivity index (χ3n) is 4.45. The van der Waals surface area contributed by atoms with Gasteiger partial charge in [-0.25, -0.2) is 4.99 Å². The molecule has 8 N–H and O–H groups in total. The minimum Gasteiger partial charge on any atom is -0.384 e. The Kier molecular flexibility index (Phi) is 12.5. The van der Waals surface area contributed by atoms with E-state index in [9.17, 15) is 13.2 Å².